The van der Waals surface area contributed by atoms with Gasteiger partial charge in [-0.15, -0.1) is 0 Å². The van der Waals surface area contributed by atoms with E-state index in [0.29, 0.717) is 24.8 Å². The van der Waals surface area contributed by atoms with Crippen LogP contribution in [0.2, 0.25) is 0 Å². The number of anilines is 1. The van der Waals surface area contributed by atoms with E-state index in [-0.39, 0.29) is 17.6 Å². The predicted octanol–water partition coefficient (Wildman–Crippen LogP) is 0.877. The summed E-state index contributed by atoms with van der Waals surface area (Å²) in [6.45, 7) is 6.19. The number of amidine groups is 1. The molecule has 1 aromatic rings. The Labute approximate surface area is 148 Å². The topological polar surface area (TPSA) is 68.2 Å². The van der Waals surface area contributed by atoms with Crippen LogP contribution in [0.1, 0.15) is 20.3 Å². The Morgan fingerprint density at radius 2 is 2.08 bits per heavy atom. The lowest BCUT2D eigenvalue weighted by molar-refractivity contribution is -0.124. The minimum absolute atomic E-state index is 0.146. The van der Waals surface area contributed by atoms with Gasteiger partial charge in [-0.25, -0.2) is 10.0 Å². The van der Waals surface area contributed by atoms with Crippen molar-refractivity contribution in [2.45, 2.75) is 32.4 Å². The summed E-state index contributed by atoms with van der Waals surface area (Å²) in [5, 5.41) is 1.41. The van der Waals surface area contributed by atoms with Crippen molar-refractivity contribution in [1.29, 1.82) is 0 Å². The van der Waals surface area contributed by atoms with Crippen molar-refractivity contribution in [3.8, 4) is 0 Å². The maximum Gasteiger partial charge on any atom is 0.290 e. The third-order valence-electron chi connectivity index (χ3n) is 4.91. The first-order valence-corrected chi connectivity index (χ1v) is 8.74. The number of hydrogen-bond acceptors (Lipinski definition) is 5. The molecule has 2 heterocycles. The summed E-state index contributed by atoms with van der Waals surface area (Å²) in [4.78, 5) is 33.6. The Balaban J connectivity index is 1.75. The van der Waals surface area contributed by atoms with Crippen molar-refractivity contribution < 1.29 is 9.59 Å². The fraction of sp³-hybridized carbons (Fsp3) is 0.500. The monoisotopic (exact) mass is 343 g/mol. The number of likely N-dealkylation sites (tertiary alicyclic amines) is 1. The van der Waals surface area contributed by atoms with Crippen LogP contribution in [-0.4, -0.2) is 66.2 Å². The van der Waals surface area contributed by atoms with Crippen molar-refractivity contribution in [1.82, 2.24) is 15.2 Å². The van der Waals surface area contributed by atoms with Crippen molar-refractivity contribution in [2.75, 3.05) is 31.7 Å². The molecule has 1 aromatic carbocycles. The third-order valence-corrected chi connectivity index (χ3v) is 4.91. The minimum atomic E-state index is -0.586. The van der Waals surface area contributed by atoms with Gasteiger partial charge < -0.3 is 9.80 Å². The minimum Gasteiger partial charge on any atom is -0.334 e. The first-order chi connectivity index (χ1) is 12.0. The summed E-state index contributed by atoms with van der Waals surface area (Å²) in [6, 6.07) is 9.04. The molecular formula is C18H25N5O2. The number of hydrazine groups is 1. The molecule has 1 N–H and O–H groups in total. The number of nitrogens with zero attached hydrogens (tertiary/aromatic N) is 4. The van der Waals surface area contributed by atoms with Crippen molar-refractivity contribution in [3.63, 3.8) is 0 Å². The lowest BCUT2D eigenvalue weighted by atomic mass is 10.2. The average molecular weight is 343 g/mol. The first-order valence-electron chi connectivity index (χ1n) is 8.74. The van der Waals surface area contributed by atoms with Gasteiger partial charge >= 0.3 is 0 Å². The van der Waals surface area contributed by atoms with Gasteiger partial charge in [0.1, 0.15) is 6.04 Å². The molecule has 25 heavy (non-hydrogen) atoms. The van der Waals surface area contributed by atoms with Crippen molar-refractivity contribution in [3.05, 3.63) is 30.3 Å². The Hall–Kier alpha value is -2.41. The normalized spacial score (nSPS) is 23.7. The fourth-order valence-corrected chi connectivity index (χ4v) is 3.19. The first kappa shape index (κ1) is 17.4. The zero-order valence-corrected chi connectivity index (χ0v) is 15.0. The summed E-state index contributed by atoms with van der Waals surface area (Å²) in [6.07, 6.45) is 0.959. The van der Waals surface area contributed by atoms with Crippen LogP contribution in [0.25, 0.3) is 0 Å². The molecule has 2 amide bonds. The number of rotatable bonds is 4. The van der Waals surface area contributed by atoms with Gasteiger partial charge in [0.25, 0.3) is 11.8 Å². The van der Waals surface area contributed by atoms with Gasteiger partial charge in [-0.3, -0.25) is 15.0 Å². The highest BCUT2D eigenvalue weighted by atomic mass is 16.2. The Bertz CT molecular complexity index is 675. The van der Waals surface area contributed by atoms with E-state index in [0.717, 1.165) is 13.0 Å². The van der Waals surface area contributed by atoms with Gasteiger partial charge in [-0.2, -0.15) is 0 Å². The molecule has 2 aliphatic rings. The molecule has 1 saturated heterocycles. The molecule has 0 aromatic heterocycles. The molecule has 2 atom stereocenters. The van der Waals surface area contributed by atoms with Gasteiger partial charge in [0, 0.05) is 19.1 Å². The van der Waals surface area contributed by atoms with E-state index < -0.39 is 6.04 Å². The standard InChI is InChI=1S/C18H25N5O2/c1-4-21(3)15-10-11-22(12-15)18(25)16-19-13(2)17(24)23(20-16)14-8-6-5-7-9-14/h5-9,13,15H,4,10-12H2,1-3H3,(H,19,20)/t13-,15+/m0/s1. The van der Waals surface area contributed by atoms with E-state index in [1.807, 2.05) is 35.2 Å². The van der Waals surface area contributed by atoms with Crippen LogP contribution < -0.4 is 10.4 Å². The molecule has 7 heteroatoms. The SMILES string of the molecule is CCN(C)[C@@H]1CCN(C(=O)C2=N[C@@H](C)C(=O)N(c3ccccc3)N2)C1. The molecule has 2 aliphatic heterocycles. The molecule has 7 nitrogen and oxygen atoms in total. The fourth-order valence-electron chi connectivity index (χ4n) is 3.19. The summed E-state index contributed by atoms with van der Waals surface area (Å²) in [5.74, 6) is -0.0872. The highest BCUT2D eigenvalue weighted by molar-refractivity contribution is 6.39. The summed E-state index contributed by atoms with van der Waals surface area (Å²) in [5.41, 5.74) is 3.61. The third kappa shape index (κ3) is 3.51. The van der Waals surface area contributed by atoms with E-state index in [2.05, 4.69) is 29.3 Å². The Kier molecular flexibility index (Phi) is 5.03. The maximum absolute atomic E-state index is 12.9. The number of benzene rings is 1. The number of carbonyl (C=O) groups excluding carboxylic acids is 2. The average Bonchev–Trinajstić information content (AvgIpc) is 3.13. The second kappa shape index (κ2) is 7.23. The smallest absolute Gasteiger partial charge is 0.290 e. The maximum atomic E-state index is 12.9. The molecule has 0 aliphatic carbocycles. The van der Waals surface area contributed by atoms with E-state index in [4.69, 9.17) is 0 Å². The molecule has 1 fully saturated rings. The van der Waals surface area contributed by atoms with E-state index in [9.17, 15) is 9.59 Å². The van der Waals surface area contributed by atoms with Gasteiger partial charge in [-0.05, 0) is 39.1 Å². The second-order valence-corrected chi connectivity index (χ2v) is 6.54. The van der Waals surface area contributed by atoms with Crippen LogP contribution in [0.4, 0.5) is 5.69 Å². The molecule has 0 radical (unpaired) electrons. The molecule has 0 spiro atoms. The highest BCUT2D eigenvalue weighted by Gasteiger charge is 2.35. The number of para-hydroxylation sites is 1. The van der Waals surface area contributed by atoms with Crippen LogP contribution in [0.3, 0.4) is 0 Å². The van der Waals surface area contributed by atoms with Crippen LogP contribution in [0.15, 0.2) is 35.3 Å². The zero-order chi connectivity index (χ0) is 18.0. The summed E-state index contributed by atoms with van der Waals surface area (Å²) < 4.78 is 0. The van der Waals surface area contributed by atoms with Crippen LogP contribution >= 0.6 is 0 Å². The van der Waals surface area contributed by atoms with Crippen LogP contribution in [-0.2, 0) is 9.59 Å². The molecule has 0 saturated carbocycles. The molecule has 134 valence electrons. The molecule has 0 unspecified atom stereocenters. The van der Waals surface area contributed by atoms with Crippen LogP contribution in [0.5, 0.6) is 0 Å². The van der Waals surface area contributed by atoms with E-state index >= 15 is 0 Å². The quantitative estimate of drug-likeness (QED) is 0.881. The van der Waals surface area contributed by atoms with Crippen molar-refractivity contribution >= 4 is 23.3 Å². The van der Waals surface area contributed by atoms with E-state index in [1.54, 1.807) is 6.92 Å². The molecule has 0 bridgehead atoms. The lowest BCUT2D eigenvalue weighted by Crippen LogP contribution is -2.58. The predicted molar refractivity (Wildman–Crippen MR) is 97.2 cm³/mol. The number of aliphatic imine (C=N–C) groups is 1. The largest absolute Gasteiger partial charge is 0.334 e. The van der Waals surface area contributed by atoms with Gasteiger partial charge in [-0.1, -0.05) is 25.1 Å². The number of likely N-dealkylation sites (N-methyl/N-ethyl adjacent to an activating group) is 1. The summed E-state index contributed by atoms with van der Waals surface area (Å²) >= 11 is 0. The van der Waals surface area contributed by atoms with Gasteiger partial charge in [0.15, 0.2) is 0 Å². The van der Waals surface area contributed by atoms with Crippen molar-refractivity contribution in [2.24, 2.45) is 4.99 Å². The number of carbonyl (C=O) groups is 2. The van der Waals surface area contributed by atoms with E-state index in [1.165, 1.54) is 5.01 Å². The number of hydrogen-bond donors (Lipinski definition) is 1. The zero-order valence-electron chi connectivity index (χ0n) is 15.0. The number of nitrogens with one attached hydrogen (secondary N) is 1. The van der Waals surface area contributed by atoms with Crippen LogP contribution in [0, 0.1) is 0 Å². The molecule has 3 rings (SSSR count). The molecular weight excluding hydrogens is 318 g/mol. The number of amides is 2. The highest BCUT2D eigenvalue weighted by Crippen LogP contribution is 2.18. The van der Waals surface area contributed by atoms with Gasteiger partial charge in [0.2, 0.25) is 5.84 Å². The van der Waals surface area contributed by atoms with Gasteiger partial charge in [0.05, 0.1) is 5.69 Å². The Morgan fingerprint density at radius 1 is 1.36 bits per heavy atom. The lowest BCUT2D eigenvalue weighted by Gasteiger charge is -2.32. The Morgan fingerprint density at radius 3 is 2.76 bits per heavy atom. The second-order valence-electron chi connectivity index (χ2n) is 6.54. The summed E-state index contributed by atoms with van der Waals surface area (Å²) in [7, 11) is 2.08.